The fourth-order valence-electron chi connectivity index (χ4n) is 2.19. The maximum absolute atomic E-state index is 11.7. The Morgan fingerprint density at radius 3 is 2.71 bits per heavy atom. The third-order valence-electron chi connectivity index (χ3n) is 2.98. The summed E-state index contributed by atoms with van der Waals surface area (Å²) in [6, 6.07) is 0.218. The van der Waals surface area contributed by atoms with Crippen molar-refractivity contribution in [3.63, 3.8) is 0 Å². The van der Waals surface area contributed by atoms with Crippen LogP contribution >= 0.6 is 12.4 Å². The monoisotopic (exact) mass is 282 g/mol. The van der Waals surface area contributed by atoms with E-state index in [9.17, 15) is 9.00 Å². The van der Waals surface area contributed by atoms with E-state index in [1.54, 1.807) is 7.05 Å². The van der Waals surface area contributed by atoms with Gasteiger partial charge >= 0.3 is 0 Å². The molecule has 4 nitrogen and oxygen atoms in total. The maximum Gasteiger partial charge on any atom is 0.234 e. The van der Waals surface area contributed by atoms with Gasteiger partial charge in [-0.3, -0.25) is 9.00 Å². The lowest BCUT2D eigenvalue weighted by molar-refractivity contribution is -0.121. The summed E-state index contributed by atoms with van der Waals surface area (Å²) >= 11 is 0. The van der Waals surface area contributed by atoms with Crippen LogP contribution in [-0.2, 0) is 15.6 Å². The highest BCUT2D eigenvalue weighted by Crippen LogP contribution is 2.22. The predicted octanol–water partition coefficient (Wildman–Crippen LogP) is 0.824. The van der Waals surface area contributed by atoms with Gasteiger partial charge < -0.3 is 10.6 Å². The second-order valence-electron chi connectivity index (χ2n) is 4.25. The van der Waals surface area contributed by atoms with E-state index in [0.29, 0.717) is 6.54 Å². The molecule has 1 aliphatic carbocycles. The highest BCUT2D eigenvalue weighted by atomic mass is 35.5. The normalized spacial score (nSPS) is 25.8. The lowest BCUT2D eigenvalue weighted by Crippen LogP contribution is -2.43. The van der Waals surface area contributed by atoms with Crippen LogP contribution in [0.15, 0.2) is 0 Å². The van der Waals surface area contributed by atoms with Gasteiger partial charge in [-0.1, -0.05) is 13.3 Å². The quantitative estimate of drug-likeness (QED) is 0.785. The van der Waals surface area contributed by atoms with Crippen molar-refractivity contribution >= 4 is 29.1 Å². The minimum Gasteiger partial charge on any atom is -0.352 e. The lowest BCUT2D eigenvalue weighted by atomic mass is 9.95. The SMILES string of the molecule is CCS(=O)C1CCCC(NC(=O)CNC)C1.Cl. The van der Waals surface area contributed by atoms with Crippen LogP contribution in [0.4, 0.5) is 0 Å². The molecule has 0 aromatic carbocycles. The number of hydrogen-bond donors (Lipinski definition) is 2. The molecule has 1 fully saturated rings. The van der Waals surface area contributed by atoms with E-state index in [0.717, 1.165) is 31.4 Å². The summed E-state index contributed by atoms with van der Waals surface area (Å²) in [6.07, 6.45) is 4.00. The van der Waals surface area contributed by atoms with Crippen molar-refractivity contribution in [3.05, 3.63) is 0 Å². The molecule has 0 bridgehead atoms. The van der Waals surface area contributed by atoms with Gasteiger partial charge in [-0.25, -0.2) is 0 Å². The average Bonchev–Trinajstić information content (AvgIpc) is 2.28. The largest absolute Gasteiger partial charge is 0.352 e. The van der Waals surface area contributed by atoms with Crippen LogP contribution in [0.2, 0.25) is 0 Å². The van der Waals surface area contributed by atoms with E-state index in [-0.39, 0.29) is 29.6 Å². The zero-order valence-electron chi connectivity index (χ0n) is 10.5. The van der Waals surface area contributed by atoms with E-state index in [1.165, 1.54) is 0 Å². The van der Waals surface area contributed by atoms with Crippen molar-refractivity contribution in [1.82, 2.24) is 10.6 Å². The van der Waals surface area contributed by atoms with Crippen LogP contribution in [0.25, 0.3) is 0 Å². The molecule has 0 aliphatic heterocycles. The molecular weight excluding hydrogens is 260 g/mol. The second kappa shape index (κ2) is 8.89. The smallest absolute Gasteiger partial charge is 0.234 e. The highest BCUT2D eigenvalue weighted by molar-refractivity contribution is 7.85. The lowest BCUT2D eigenvalue weighted by Gasteiger charge is -2.29. The van der Waals surface area contributed by atoms with E-state index in [4.69, 9.17) is 0 Å². The molecule has 17 heavy (non-hydrogen) atoms. The van der Waals surface area contributed by atoms with Crippen molar-refractivity contribution in [2.75, 3.05) is 19.3 Å². The number of carbonyl (C=O) groups is 1. The van der Waals surface area contributed by atoms with Crippen molar-refractivity contribution in [3.8, 4) is 0 Å². The fourth-order valence-corrected chi connectivity index (χ4v) is 3.54. The standard InChI is InChI=1S/C11H22N2O2S.ClH/c1-3-16(15)10-6-4-5-9(7-10)13-11(14)8-12-2;/h9-10,12H,3-8H2,1-2H3,(H,13,14);1H. The molecule has 2 N–H and O–H groups in total. The molecule has 0 spiro atoms. The van der Waals surface area contributed by atoms with Crippen molar-refractivity contribution in [1.29, 1.82) is 0 Å². The van der Waals surface area contributed by atoms with Gasteiger partial charge in [-0.2, -0.15) is 0 Å². The molecule has 1 rings (SSSR count). The Labute approximate surface area is 112 Å². The van der Waals surface area contributed by atoms with Gasteiger partial charge in [-0.15, -0.1) is 12.4 Å². The molecule has 0 aromatic rings. The summed E-state index contributed by atoms with van der Waals surface area (Å²) in [5.41, 5.74) is 0. The minimum absolute atomic E-state index is 0. The number of amides is 1. The van der Waals surface area contributed by atoms with Gasteiger partial charge in [-0.05, 0) is 26.3 Å². The fraction of sp³-hybridized carbons (Fsp3) is 0.909. The summed E-state index contributed by atoms with van der Waals surface area (Å²) in [5.74, 6) is 0.761. The third kappa shape index (κ3) is 5.84. The topological polar surface area (TPSA) is 58.2 Å². The van der Waals surface area contributed by atoms with E-state index < -0.39 is 10.8 Å². The van der Waals surface area contributed by atoms with Crippen LogP contribution in [0, 0.1) is 0 Å². The Kier molecular flexibility index (Phi) is 8.82. The first kappa shape index (κ1) is 16.9. The van der Waals surface area contributed by atoms with E-state index in [2.05, 4.69) is 10.6 Å². The number of halogens is 1. The minimum atomic E-state index is -0.720. The predicted molar refractivity (Wildman–Crippen MR) is 74.0 cm³/mol. The Morgan fingerprint density at radius 2 is 2.12 bits per heavy atom. The number of rotatable bonds is 5. The molecule has 6 heteroatoms. The Hall–Kier alpha value is -0.130. The van der Waals surface area contributed by atoms with Crippen molar-refractivity contribution in [2.45, 2.75) is 43.9 Å². The first-order valence-electron chi connectivity index (χ1n) is 5.98. The molecule has 0 heterocycles. The number of likely N-dealkylation sites (N-methyl/N-ethyl adjacent to an activating group) is 1. The molecule has 1 aliphatic rings. The van der Waals surface area contributed by atoms with Gasteiger partial charge in [0, 0.05) is 27.8 Å². The first-order chi connectivity index (χ1) is 7.67. The number of carbonyl (C=O) groups excluding carboxylic acids is 1. The maximum atomic E-state index is 11.7. The molecule has 0 aromatic heterocycles. The van der Waals surface area contributed by atoms with E-state index >= 15 is 0 Å². The van der Waals surface area contributed by atoms with Gasteiger partial charge in [0.25, 0.3) is 0 Å². The summed E-state index contributed by atoms with van der Waals surface area (Å²) < 4.78 is 11.7. The summed E-state index contributed by atoms with van der Waals surface area (Å²) in [5, 5.41) is 6.10. The van der Waals surface area contributed by atoms with Gasteiger partial charge in [0.1, 0.15) is 0 Å². The molecule has 0 saturated heterocycles. The summed E-state index contributed by atoms with van der Waals surface area (Å²) in [6.45, 7) is 2.32. The molecule has 1 amide bonds. The molecule has 1 saturated carbocycles. The Bertz CT molecular complexity index is 264. The van der Waals surface area contributed by atoms with Crippen LogP contribution in [-0.4, -0.2) is 40.8 Å². The van der Waals surface area contributed by atoms with Crippen LogP contribution in [0.5, 0.6) is 0 Å². The van der Waals surface area contributed by atoms with Crippen molar-refractivity contribution < 1.29 is 9.00 Å². The summed E-state index contributed by atoms with van der Waals surface area (Å²) in [7, 11) is 1.04. The second-order valence-corrected chi connectivity index (χ2v) is 6.26. The molecule has 3 unspecified atom stereocenters. The zero-order valence-corrected chi connectivity index (χ0v) is 12.2. The van der Waals surface area contributed by atoms with Crippen LogP contribution in [0.1, 0.15) is 32.6 Å². The Balaban J connectivity index is 0.00000256. The molecule has 0 radical (unpaired) electrons. The first-order valence-corrected chi connectivity index (χ1v) is 7.36. The molecular formula is C11H23ClN2O2S. The van der Waals surface area contributed by atoms with Crippen molar-refractivity contribution in [2.24, 2.45) is 0 Å². The van der Waals surface area contributed by atoms with Gasteiger partial charge in [0.2, 0.25) is 5.91 Å². The Morgan fingerprint density at radius 1 is 1.41 bits per heavy atom. The summed E-state index contributed by atoms with van der Waals surface area (Å²) in [4.78, 5) is 11.4. The number of hydrogen-bond acceptors (Lipinski definition) is 3. The van der Waals surface area contributed by atoms with E-state index in [1.807, 2.05) is 6.92 Å². The number of nitrogens with one attached hydrogen (secondary N) is 2. The van der Waals surface area contributed by atoms with Crippen LogP contribution < -0.4 is 10.6 Å². The average molecular weight is 283 g/mol. The molecule has 102 valence electrons. The van der Waals surface area contributed by atoms with Gasteiger partial charge in [0.15, 0.2) is 0 Å². The van der Waals surface area contributed by atoms with Crippen LogP contribution in [0.3, 0.4) is 0 Å². The third-order valence-corrected chi connectivity index (χ3v) is 4.73. The zero-order chi connectivity index (χ0) is 12.0. The highest BCUT2D eigenvalue weighted by Gasteiger charge is 2.26. The van der Waals surface area contributed by atoms with Gasteiger partial charge in [0.05, 0.1) is 6.54 Å². The molecule has 3 atom stereocenters.